The molecule has 3 nitrogen and oxygen atoms in total. The molecule has 1 aromatic heterocycles. The van der Waals surface area contributed by atoms with Gasteiger partial charge in [-0.25, -0.2) is 0 Å². The predicted molar refractivity (Wildman–Crippen MR) is 78.3 cm³/mol. The van der Waals surface area contributed by atoms with E-state index in [0.717, 1.165) is 10.0 Å². The maximum atomic E-state index is 12.0. The molecule has 1 atom stereocenters. The fourth-order valence-electron chi connectivity index (χ4n) is 1.67. The van der Waals surface area contributed by atoms with Gasteiger partial charge in [0, 0.05) is 16.9 Å². The first-order valence-electron chi connectivity index (χ1n) is 5.57. The second-order valence-corrected chi connectivity index (χ2v) is 4.95. The van der Waals surface area contributed by atoms with Crippen LogP contribution in [0.2, 0.25) is 0 Å². The van der Waals surface area contributed by atoms with Crippen LogP contribution in [0.15, 0.2) is 47.2 Å². The van der Waals surface area contributed by atoms with Crippen LogP contribution in [-0.2, 0) is 0 Å². The Morgan fingerprint density at radius 3 is 2.24 bits per heavy atom. The van der Waals surface area contributed by atoms with Crippen molar-refractivity contribution in [1.29, 1.82) is 0 Å². The highest BCUT2D eigenvalue weighted by atomic mass is 79.9. The van der Waals surface area contributed by atoms with Gasteiger partial charge in [0.15, 0.2) is 0 Å². The molecule has 0 aliphatic rings. The lowest BCUT2D eigenvalue weighted by molar-refractivity contribution is -0.274. The number of rotatable bonds is 3. The normalized spacial score (nSPS) is 12.4. The second-order valence-electron chi connectivity index (χ2n) is 4.03. The molecule has 2 rings (SSSR count). The van der Waals surface area contributed by atoms with Gasteiger partial charge >= 0.3 is 6.36 Å². The van der Waals surface area contributed by atoms with Gasteiger partial charge in [0.05, 0.1) is 6.04 Å². The monoisotopic (exact) mass is 382 g/mol. The molecule has 0 radical (unpaired) electrons. The zero-order valence-corrected chi connectivity index (χ0v) is 12.9. The molecule has 0 spiro atoms. The van der Waals surface area contributed by atoms with Gasteiger partial charge in [0.25, 0.3) is 0 Å². The standard InChI is InChI=1S/C13H10BrF3N2O.ClH/c14-10-5-9(6-19-7-10)12(18)8-1-3-11(4-2-8)20-13(15,16)17;/h1-7,12H,18H2;1H/t12-;/m1./s1. The Balaban J connectivity index is 0.00000220. The van der Waals surface area contributed by atoms with Gasteiger partial charge in [-0.1, -0.05) is 12.1 Å². The quantitative estimate of drug-likeness (QED) is 0.863. The number of halogens is 5. The summed E-state index contributed by atoms with van der Waals surface area (Å²) in [4.78, 5) is 4.00. The van der Waals surface area contributed by atoms with Gasteiger partial charge in [-0.05, 0) is 45.3 Å². The number of hydrogen-bond acceptors (Lipinski definition) is 3. The molecule has 0 saturated carbocycles. The third-order valence-corrected chi connectivity index (χ3v) is 2.99. The van der Waals surface area contributed by atoms with E-state index in [1.807, 2.05) is 0 Å². The number of benzene rings is 1. The lowest BCUT2D eigenvalue weighted by atomic mass is 10.0. The highest BCUT2D eigenvalue weighted by Crippen LogP contribution is 2.26. The number of hydrogen-bond donors (Lipinski definition) is 1. The molecule has 0 amide bonds. The molecule has 0 bridgehead atoms. The molecule has 1 aromatic carbocycles. The van der Waals surface area contributed by atoms with E-state index in [9.17, 15) is 13.2 Å². The zero-order valence-electron chi connectivity index (χ0n) is 10.5. The van der Waals surface area contributed by atoms with E-state index in [1.54, 1.807) is 18.5 Å². The van der Waals surface area contributed by atoms with E-state index < -0.39 is 12.4 Å². The molecule has 2 N–H and O–H groups in total. The van der Waals surface area contributed by atoms with Crippen LogP contribution in [0.4, 0.5) is 13.2 Å². The Hall–Kier alpha value is -1.31. The van der Waals surface area contributed by atoms with Gasteiger partial charge in [-0.3, -0.25) is 4.98 Å². The molecular formula is C13H11BrClF3N2O. The van der Waals surface area contributed by atoms with Crippen LogP contribution in [0, 0.1) is 0 Å². The lowest BCUT2D eigenvalue weighted by Crippen LogP contribution is -2.17. The maximum absolute atomic E-state index is 12.0. The summed E-state index contributed by atoms with van der Waals surface area (Å²) in [6.07, 6.45) is -1.47. The van der Waals surface area contributed by atoms with Crippen LogP contribution >= 0.6 is 28.3 Å². The number of aromatic nitrogens is 1. The van der Waals surface area contributed by atoms with Crippen molar-refractivity contribution in [2.75, 3.05) is 0 Å². The number of nitrogens with two attached hydrogens (primary N) is 1. The van der Waals surface area contributed by atoms with Gasteiger partial charge in [0.2, 0.25) is 0 Å². The Bertz CT molecular complexity index is 593. The number of nitrogens with zero attached hydrogens (tertiary/aromatic N) is 1. The average Bonchev–Trinajstić information content (AvgIpc) is 2.37. The fourth-order valence-corrected chi connectivity index (χ4v) is 2.05. The van der Waals surface area contributed by atoms with Crippen LogP contribution in [0.3, 0.4) is 0 Å². The Morgan fingerprint density at radius 1 is 1.10 bits per heavy atom. The topological polar surface area (TPSA) is 48.1 Å². The van der Waals surface area contributed by atoms with Gasteiger partial charge in [0.1, 0.15) is 5.75 Å². The smallest absolute Gasteiger partial charge is 0.406 e. The van der Waals surface area contributed by atoms with E-state index in [1.165, 1.54) is 24.3 Å². The van der Waals surface area contributed by atoms with Crippen molar-refractivity contribution in [2.24, 2.45) is 5.73 Å². The first-order chi connectivity index (χ1) is 9.35. The highest BCUT2D eigenvalue weighted by molar-refractivity contribution is 9.10. The maximum Gasteiger partial charge on any atom is 0.573 e. The van der Waals surface area contributed by atoms with E-state index in [2.05, 4.69) is 25.7 Å². The highest BCUT2D eigenvalue weighted by Gasteiger charge is 2.31. The lowest BCUT2D eigenvalue weighted by Gasteiger charge is -2.14. The molecular weight excluding hydrogens is 373 g/mol. The van der Waals surface area contributed by atoms with Crippen LogP contribution in [0.5, 0.6) is 5.75 Å². The summed E-state index contributed by atoms with van der Waals surface area (Å²) < 4.78 is 40.7. The van der Waals surface area contributed by atoms with Crippen LogP contribution < -0.4 is 10.5 Å². The van der Waals surface area contributed by atoms with E-state index in [4.69, 9.17) is 5.73 Å². The van der Waals surface area contributed by atoms with E-state index in [-0.39, 0.29) is 18.2 Å². The third-order valence-electron chi connectivity index (χ3n) is 2.56. The third kappa shape index (κ3) is 5.18. The Kier molecular flexibility index (Phi) is 6.00. The molecule has 0 unspecified atom stereocenters. The van der Waals surface area contributed by atoms with Crippen LogP contribution in [0.25, 0.3) is 0 Å². The summed E-state index contributed by atoms with van der Waals surface area (Å²) in [5, 5.41) is 0. The minimum absolute atomic E-state index is 0. The van der Waals surface area contributed by atoms with Crippen molar-refractivity contribution in [3.8, 4) is 5.75 Å². The van der Waals surface area contributed by atoms with E-state index in [0.29, 0.717) is 5.56 Å². The molecule has 114 valence electrons. The first-order valence-corrected chi connectivity index (χ1v) is 6.36. The van der Waals surface area contributed by atoms with Crippen molar-refractivity contribution in [1.82, 2.24) is 4.98 Å². The SMILES string of the molecule is Cl.N[C@H](c1ccc(OC(F)(F)F)cc1)c1cncc(Br)c1. The van der Waals surface area contributed by atoms with Crippen LogP contribution in [0.1, 0.15) is 17.2 Å². The van der Waals surface area contributed by atoms with Crippen molar-refractivity contribution in [3.63, 3.8) is 0 Å². The average molecular weight is 384 g/mol. The number of alkyl halides is 3. The summed E-state index contributed by atoms with van der Waals surface area (Å²) in [7, 11) is 0. The zero-order chi connectivity index (χ0) is 14.8. The van der Waals surface area contributed by atoms with Gasteiger partial charge < -0.3 is 10.5 Å². The first kappa shape index (κ1) is 17.7. The fraction of sp³-hybridized carbons (Fsp3) is 0.154. The largest absolute Gasteiger partial charge is 0.573 e. The molecule has 8 heteroatoms. The molecule has 0 aliphatic carbocycles. The van der Waals surface area contributed by atoms with Gasteiger partial charge in [-0.15, -0.1) is 25.6 Å². The summed E-state index contributed by atoms with van der Waals surface area (Å²) in [6.45, 7) is 0. The van der Waals surface area contributed by atoms with Crippen LogP contribution in [-0.4, -0.2) is 11.3 Å². The molecule has 1 heterocycles. The van der Waals surface area contributed by atoms with Gasteiger partial charge in [-0.2, -0.15) is 0 Å². The van der Waals surface area contributed by atoms with Crippen molar-refractivity contribution >= 4 is 28.3 Å². The summed E-state index contributed by atoms with van der Waals surface area (Å²) in [6, 6.07) is 6.78. The summed E-state index contributed by atoms with van der Waals surface area (Å²) in [5.41, 5.74) is 7.46. The molecule has 2 aromatic rings. The molecule has 0 fully saturated rings. The van der Waals surface area contributed by atoms with Crippen molar-refractivity contribution in [2.45, 2.75) is 12.4 Å². The van der Waals surface area contributed by atoms with E-state index >= 15 is 0 Å². The molecule has 0 saturated heterocycles. The number of ether oxygens (including phenoxy) is 1. The minimum atomic E-state index is -4.70. The molecule has 21 heavy (non-hydrogen) atoms. The second kappa shape index (κ2) is 7.11. The minimum Gasteiger partial charge on any atom is -0.406 e. The Labute approximate surface area is 133 Å². The summed E-state index contributed by atoms with van der Waals surface area (Å²) >= 11 is 3.28. The predicted octanol–water partition coefficient (Wildman–Crippen LogP) is 4.21. The Morgan fingerprint density at radius 2 is 1.71 bits per heavy atom. The van der Waals surface area contributed by atoms with Crippen molar-refractivity contribution in [3.05, 3.63) is 58.3 Å². The van der Waals surface area contributed by atoms with Crippen molar-refractivity contribution < 1.29 is 17.9 Å². The molecule has 0 aliphatic heterocycles. The summed E-state index contributed by atoms with van der Waals surface area (Å²) in [5.74, 6) is -0.277. The number of pyridine rings is 1.